The van der Waals surface area contributed by atoms with Gasteiger partial charge in [-0.05, 0) is 48.1 Å². The lowest BCUT2D eigenvalue weighted by Gasteiger charge is -2.16. The summed E-state index contributed by atoms with van der Waals surface area (Å²) in [6.07, 6.45) is 1.77. The predicted molar refractivity (Wildman–Crippen MR) is 135 cm³/mol. The van der Waals surface area contributed by atoms with Crippen LogP contribution in [0, 0.1) is 5.92 Å². The van der Waals surface area contributed by atoms with Crippen LogP contribution in [0.1, 0.15) is 26.3 Å². The Morgan fingerprint density at radius 2 is 2.09 bits per heavy atom. The van der Waals surface area contributed by atoms with Crippen molar-refractivity contribution in [1.29, 1.82) is 0 Å². The second-order valence-electron chi connectivity index (χ2n) is 7.82. The molecule has 3 heterocycles. The van der Waals surface area contributed by atoms with Crippen molar-refractivity contribution in [3.05, 3.63) is 46.8 Å². The molecular formula is C24H26N4O4S2. The van der Waals surface area contributed by atoms with E-state index < -0.39 is 5.97 Å². The lowest BCUT2D eigenvalue weighted by molar-refractivity contribution is -0.137. The van der Waals surface area contributed by atoms with E-state index >= 15 is 0 Å². The number of fused-ring (bicyclic) bond motifs is 1. The summed E-state index contributed by atoms with van der Waals surface area (Å²) >= 11 is 3.04. The first kappa shape index (κ1) is 24.0. The maximum atomic E-state index is 12.9. The number of thiophene rings is 1. The molecule has 0 saturated heterocycles. The van der Waals surface area contributed by atoms with Gasteiger partial charge in [0.05, 0.1) is 36.5 Å². The minimum Gasteiger partial charge on any atom is -0.493 e. The van der Waals surface area contributed by atoms with E-state index in [-0.39, 0.29) is 6.61 Å². The highest BCUT2D eigenvalue weighted by molar-refractivity contribution is 7.99. The molecule has 10 heteroatoms. The van der Waals surface area contributed by atoms with E-state index in [0.717, 1.165) is 10.4 Å². The summed E-state index contributed by atoms with van der Waals surface area (Å²) in [6, 6.07) is 9.49. The number of hydrogen-bond donors (Lipinski definition) is 0. The van der Waals surface area contributed by atoms with Crippen LogP contribution in [0.2, 0.25) is 0 Å². The number of esters is 1. The van der Waals surface area contributed by atoms with Gasteiger partial charge in [0.25, 0.3) is 0 Å². The summed E-state index contributed by atoms with van der Waals surface area (Å²) in [7, 11) is 1.60. The van der Waals surface area contributed by atoms with Crippen LogP contribution in [0.15, 0.2) is 51.5 Å². The van der Waals surface area contributed by atoms with Gasteiger partial charge in [0, 0.05) is 5.75 Å². The highest BCUT2D eigenvalue weighted by atomic mass is 32.2. The van der Waals surface area contributed by atoms with Crippen LogP contribution < -0.4 is 9.47 Å². The summed E-state index contributed by atoms with van der Waals surface area (Å²) in [5.41, 5.74) is 1.74. The molecule has 0 radical (unpaired) electrons. The number of benzene rings is 1. The van der Waals surface area contributed by atoms with Crippen LogP contribution in [0.25, 0.3) is 16.8 Å². The van der Waals surface area contributed by atoms with Gasteiger partial charge in [-0.25, -0.2) is 4.79 Å². The van der Waals surface area contributed by atoms with Crippen LogP contribution >= 0.6 is 23.1 Å². The zero-order valence-electron chi connectivity index (χ0n) is 19.5. The number of carbonyl (C=O) groups excluding carboxylic acids is 1. The SMILES string of the molecule is CCOC(=O)/C(=C\c1ccc(OCC(C)C)c(OC)c1)C1=Nn2c(nnc2-c2cccs2)SC1. The van der Waals surface area contributed by atoms with Crippen molar-refractivity contribution in [2.75, 3.05) is 26.1 Å². The quantitative estimate of drug-likeness (QED) is 0.303. The lowest BCUT2D eigenvalue weighted by atomic mass is 10.1. The summed E-state index contributed by atoms with van der Waals surface area (Å²) in [4.78, 5) is 13.9. The number of ether oxygens (including phenoxy) is 3. The van der Waals surface area contributed by atoms with E-state index in [1.807, 2.05) is 35.7 Å². The van der Waals surface area contributed by atoms with Gasteiger partial charge in [0.2, 0.25) is 5.16 Å². The molecule has 0 amide bonds. The standard InChI is InChI=1S/C24H26N4O4S2/c1-5-31-23(29)17(11-16-8-9-19(20(12-16)30-4)32-13-15(2)3)18-14-34-24-26-25-22(28(24)27-18)21-7-6-10-33-21/h6-12,15H,5,13-14H2,1-4H3/b17-11-. The topological polar surface area (TPSA) is 87.8 Å². The summed E-state index contributed by atoms with van der Waals surface area (Å²) in [6.45, 7) is 6.80. The normalized spacial score (nSPS) is 13.4. The maximum Gasteiger partial charge on any atom is 0.340 e. The number of nitrogens with zero attached hydrogens (tertiary/aromatic N) is 4. The largest absolute Gasteiger partial charge is 0.493 e. The molecule has 1 aliphatic heterocycles. The third-order valence-corrected chi connectivity index (χ3v) is 6.59. The number of aromatic nitrogens is 3. The van der Waals surface area contributed by atoms with Crippen molar-refractivity contribution in [3.63, 3.8) is 0 Å². The molecule has 1 aromatic carbocycles. The summed E-state index contributed by atoms with van der Waals surface area (Å²) in [5.74, 6) is 2.33. The number of rotatable bonds is 9. The van der Waals surface area contributed by atoms with Crippen LogP contribution in [0.3, 0.4) is 0 Å². The molecule has 4 rings (SSSR count). The van der Waals surface area contributed by atoms with E-state index in [9.17, 15) is 4.79 Å². The molecule has 0 aliphatic carbocycles. The second kappa shape index (κ2) is 10.9. The molecule has 8 nitrogen and oxygen atoms in total. The molecular weight excluding hydrogens is 472 g/mol. The molecule has 3 aromatic rings. The van der Waals surface area contributed by atoms with Gasteiger partial charge in [-0.2, -0.15) is 9.78 Å². The van der Waals surface area contributed by atoms with Crippen molar-refractivity contribution in [2.45, 2.75) is 25.9 Å². The second-order valence-corrected chi connectivity index (χ2v) is 9.71. The highest BCUT2D eigenvalue weighted by Crippen LogP contribution is 2.32. The lowest BCUT2D eigenvalue weighted by Crippen LogP contribution is -2.21. The van der Waals surface area contributed by atoms with Gasteiger partial charge >= 0.3 is 5.97 Å². The molecule has 178 valence electrons. The van der Waals surface area contributed by atoms with Crippen molar-refractivity contribution in [1.82, 2.24) is 14.9 Å². The van der Waals surface area contributed by atoms with E-state index in [4.69, 9.17) is 19.3 Å². The van der Waals surface area contributed by atoms with Crippen LogP contribution in [-0.4, -0.2) is 52.6 Å². The molecule has 0 bridgehead atoms. The Morgan fingerprint density at radius 3 is 2.79 bits per heavy atom. The van der Waals surface area contributed by atoms with Crippen LogP contribution in [0.4, 0.5) is 0 Å². The zero-order chi connectivity index (χ0) is 24.1. The Bertz CT molecular complexity index is 1220. The molecule has 0 fully saturated rings. The monoisotopic (exact) mass is 498 g/mol. The van der Waals surface area contributed by atoms with Crippen molar-refractivity contribution in [3.8, 4) is 22.2 Å². The Morgan fingerprint density at radius 1 is 1.24 bits per heavy atom. The average Bonchev–Trinajstić information content (AvgIpc) is 3.50. The summed E-state index contributed by atoms with van der Waals surface area (Å²) in [5, 5.41) is 15.9. The first-order valence-electron chi connectivity index (χ1n) is 10.9. The van der Waals surface area contributed by atoms with Gasteiger partial charge in [0.15, 0.2) is 17.3 Å². The van der Waals surface area contributed by atoms with Gasteiger partial charge < -0.3 is 14.2 Å². The van der Waals surface area contributed by atoms with E-state index in [1.54, 1.807) is 36.1 Å². The molecule has 34 heavy (non-hydrogen) atoms. The van der Waals surface area contributed by atoms with Crippen molar-refractivity contribution < 1.29 is 19.0 Å². The third kappa shape index (κ3) is 5.34. The molecule has 0 spiro atoms. The molecule has 0 saturated carbocycles. The van der Waals surface area contributed by atoms with Crippen LogP contribution in [0.5, 0.6) is 11.5 Å². The average molecular weight is 499 g/mol. The first-order valence-corrected chi connectivity index (χ1v) is 12.8. The van der Waals surface area contributed by atoms with E-state index in [0.29, 0.717) is 52.0 Å². The number of carbonyl (C=O) groups is 1. The van der Waals surface area contributed by atoms with Gasteiger partial charge in [-0.15, -0.1) is 21.5 Å². The van der Waals surface area contributed by atoms with Crippen LogP contribution in [-0.2, 0) is 9.53 Å². The van der Waals surface area contributed by atoms with E-state index in [1.165, 1.54) is 11.8 Å². The molecule has 1 aliphatic rings. The highest BCUT2D eigenvalue weighted by Gasteiger charge is 2.26. The van der Waals surface area contributed by atoms with Crippen molar-refractivity contribution in [2.24, 2.45) is 11.0 Å². The molecule has 2 aromatic heterocycles. The molecule has 0 N–H and O–H groups in total. The van der Waals surface area contributed by atoms with Gasteiger partial charge in [-0.3, -0.25) is 0 Å². The Hall–Kier alpha value is -3.11. The molecule has 0 unspecified atom stereocenters. The van der Waals surface area contributed by atoms with Gasteiger partial charge in [0.1, 0.15) is 0 Å². The van der Waals surface area contributed by atoms with E-state index in [2.05, 4.69) is 24.0 Å². The smallest absolute Gasteiger partial charge is 0.340 e. The Kier molecular flexibility index (Phi) is 7.69. The van der Waals surface area contributed by atoms with Crippen molar-refractivity contribution >= 4 is 40.9 Å². The zero-order valence-corrected chi connectivity index (χ0v) is 21.1. The first-order chi connectivity index (χ1) is 16.5. The fourth-order valence-corrected chi connectivity index (χ4v) is 4.73. The maximum absolute atomic E-state index is 12.9. The fourth-order valence-electron chi connectivity index (χ4n) is 3.20. The number of thioether (sulfide) groups is 1. The number of methoxy groups -OCH3 is 1. The summed E-state index contributed by atoms with van der Waals surface area (Å²) < 4.78 is 18.4. The van der Waals surface area contributed by atoms with Gasteiger partial charge in [-0.1, -0.05) is 37.7 Å². The fraction of sp³-hybridized carbons (Fsp3) is 0.333. The Balaban J connectivity index is 1.72. The minimum atomic E-state index is -0.435. The minimum absolute atomic E-state index is 0.264. The molecule has 0 atom stereocenters. The Labute approximate surface area is 206 Å². The predicted octanol–water partition coefficient (Wildman–Crippen LogP) is 5.01. The third-order valence-electron chi connectivity index (χ3n) is 4.79. The number of hydrogen-bond acceptors (Lipinski definition) is 9.